The predicted octanol–water partition coefficient (Wildman–Crippen LogP) is 3.10. The molecule has 2 N–H and O–H groups in total. The zero-order valence-corrected chi connectivity index (χ0v) is 13.1. The number of nitrogens with one attached hydrogen (secondary N) is 2. The maximum Gasteiger partial charge on any atom is 0.236 e. The fourth-order valence-corrected chi connectivity index (χ4v) is 2.84. The van der Waals surface area contributed by atoms with Gasteiger partial charge in [-0.05, 0) is 36.8 Å². The van der Waals surface area contributed by atoms with Gasteiger partial charge in [-0.25, -0.2) is 0 Å². The lowest BCUT2D eigenvalue weighted by Gasteiger charge is -2.14. The molecule has 0 aliphatic carbocycles. The maximum absolute atomic E-state index is 11.8. The molecule has 0 radical (unpaired) electrons. The summed E-state index contributed by atoms with van der Waals surface area (Å²) in [5.74, 6) is 0.103. The first-order valence-electron chi connectivity index (χ1n) is 7.25. The molecule has 1 unspecified atom stereocenters. The highest BCUT2D eigenvalue weighted by atomic mass is 32.1. The molecule has 0 fully saturated rings. The molecule has 0 saturated carbocycles. The van der Waals surface area contributed by atoms with Crippen LogP contribution in [0.3, 0.4) is 0 Å². The van der Waals surface area contributed by atoms with E-state index in [9.17, 15) is 4.79 Å². The molecule has 0 bridgehead atoms. The van der Waals surface area contributed by atoms with Gasteiger partial charge in [-0.1, -0.05) is 26.7 Å². The summed E-state index contributed by atoms with van der Waals surface area (Å²) in [5, 5.41) is 8.39. The molecule has 3 nitrogen and oxygen atoms in total. The van der Waals surface area contributed by atoms with Gasteiger partial charge in [0.1, 0.15) is 0 Å². The average Bonchev–Trinajstić information content (AvgIpc) is 2.88. The Kier molecular flexibility index (Phi) is 7.75. The second-order valence-electron chi connectivity index (χ2n) is 4.82. The maximum atomic E-state index is 11.8. The minimum absolute atomic E-state index is 0.103. The molecule has 19 heavy (non-hydrogen) atoms. The summed E-state index contributed by atoms with van der Waals surface area (Å²) in [4.78, 5) is 13.2. The van der Waals surface area contributed by atoms with Gasteiger partial charge in [0.15, 0.2) is 0 Å². The summed E-state index contributed by atoms with van der Waals surface area (Å²) < 4.78 is 0. The zero-order chi connectivity index (χ0) is 14.1. The summed E-state index contributed by atoms with van der Waals surface area (Å²) >= 11 is 1.76. The van der Waals surface area contributed by atoms with Crippen LogP contribution in [0.15, 0.2) is 11.4 Å². The van der Waals surface area contributed by atoms with Crippen LogP contribution in [0, 0.1) is 0 Å². The third-order valence-electron chi connectivity index (χ3n) is 3.26. The first kappa shape index (κ1) is 16.2. The van der Waals surface area contributed by atoms with Gasteiger partial charge < -0.3 is 10.6 Å². The predicted molar refractivity (Wildman–Crippen MR) is 82.5 cm³/mol. The quantitative estimate of drug-likeness (QED) is 0.683. The first-order valence-corrected chi connectivity index (χ1v) is 8.13. The van der Waals surface area contributed by atoms with Gasteiger partial charge in [0.05, 0.1) is 6.04 Å². The number of hydrogen-bond donors (Lipinski definition) is 2. The highest BCUT2D eigenvalue weighted by Crippen LogP contribution is 2.17. The van der Waals surface area contributed by atoms with E-state index in [1.807, 2.05) is 6.92 Å². The molecule has 0 spiro atoms. The van der Waals surface area contributed by atoms with Crippen LogP contribution in [0.4, 0.5) is 0 Å². The molecule has 1 amide bonds. The Labute approximate surface area is 120 Å². The Hall–Kier alpha value is -0.870. The van der Waals surface area contributed by atoms with E-state index in [1.54, 1.807) is 11.3 Å². The van der Waals surface area contributed by atoms with Gasteiger partial charge in [-0.15, -0.1) is 11.3 Å². The average molecular weight is 282 g/mol. The molecule has 4 heteroatoms. The fraction of sp³-hybridized carbons (Fsp3) is 0.667. The molecule has 1 rings (SSSR count). The molecule has 1 heterocycles. The lowest BCUT2D eigenvalue weighted by molar-refractivity contribution is -0.122. The Balaban J connectivity index is 2.26. The van der Waals surface area contributed by atoms with E-state index >= 15 is 0 Å². The van der Waals surface area contributed by atoms with Crippen molar-refractivity contribution in [2.75, 3.05) is 6.54 Å². The number of carbonyl (C=O) groups excluding carboxylic acids is 1. The minimum atomic E-state index is -0.131. The number of aryl methyl sites for hydroxylation is 1. The Bertz CT molecular complexity index is 376. The summed E-state index contributed by atoms with van der Waals surface area (Å²) in [7, 11) is 0. The smallest absolute Gasteiger partial charge is 0.236 e. The van der Waals surface area contributed by atoms with Crippen LogP contribution in [-0.2, 0) is 17.8 Å². The topological polar surface area (TPSA) is 41.1 Å². The summed E-state index contributed by atoms with van der Waals surface area (Å²) in [6.07, 6.45) is 4.48. The second-order valence-corrected chi connectivity index (χ2v) is 5.82. The molecule has 1 aromatic rings. The van der Waals surface area contributed by atoms with E-state index in [-0.39, 0.29) is 11.9 Å². The number of hydrogen-bond acceptors (Lipinski definition) is 3. The highest BCUT2D eigenvalue weighted by Gasteiger charge is 2.12. The molecule has 0 aliphatic heterocycles. The SMILES string of the molecule is CCCCCNC(=O)C(C)NCc1sccc1CC. The van der Waals surface area contributed by atoms with Crippen molar-refractivity contribution in [2.45, 2.75) is 59.0 Å². The number of rotatable bonds is 9. The Morgan fingerprint density at radius 3 is 2.84 bits per heavy atom. The Morgan fingerprint density at radius 1 is 1.37 bits per heavy atom. The number of thiophene rings is 1. The summed E-state index contributed by atoms with van der Waals surface area (Å²) in [6.45, 7) is 7.82. The first-order chi connectivity index (χ1) is 9.19. The van der Waals surface area contributed by atoms with E-state index in [0.29, 0.717) is 0 Å². The molecule has 0 aromatic carbocycles. The van der Waals surface area contributed by atoms with E-state index < -0.39 is 0 Å². The van der Waals surface area contributed by atoms with Crippen molar-refractivity contribution in [1.82, 2.24) is 10.6 Å². The fourth-order valence-electron chi connectivity index (χ4n) is 1.92. The molecular formula is C15H26N2OS. The lowest BCUT2D eigenvalue weighted by Crippen LogP contribution is -2.42. The second kappa shape index (κ2) is 9.10. The van der Waals surface area contributed by atoms with Crippen molar-refractivity contribution in [1.29, 1.82) is 0 Å². The molecule has 1 aromatic heterocycles. The van der Waals surface area contributed by atoms with Crippen LogP contribution >= 0.6 is 11.3 Å². The molecule has 0 saturated heterocycles. The number of unbranched alkanes of at least 4 members (excludes halogenated alkanes) is 2. The van der Waals surface area contributed by atoms with Gasteiger partial charge >= 0.3 is 0 Å². The zero-order valence-electron chi connectivity index (χ0n) is 12.3. The normalized spacial score (nSPS) is 12.4. The summed E-state index contributed by atoms with van der Waals surface area (Å²) in [5.41, 5.74) is 1.38. The minimum Gasteiger partial charge on any atom is -0.355 e. The molecule has 1 atom stereocenters. The van der Waals surface area contributed by atoms with Gasteiger partial charge in [0.25, 0.3) is 0 Å². The largest absolute Gasteiger partial charge is 0.355 e. The third-order valence-corrected chi connectivity index (χ3v) is 4.22. The lowest BCUT2D eigenvalue weighted by atomic mass is 10.2. The van der Waals surface area contributed by atoms with Crippen molar-refractivity contribution in [3.05, 3.63) is 21.9 Å². The number of amides is 1. The van der Waals surface area contributed by atoms with E-state index in [4.69, 9.17) is 0 Å². The van der Waals surface area contributed by atoms with E-state index in [2.05, 4.69) is 35.9 Å². The van der Waals surface area contributed by atoms with Gasteiger partial charge in [-0.2, -0.15) is 0 Å². The summed E-state index contributed by atoms with van der Waals surface area (Å²) in [6, 6.07) is 2.03. The van der Waals surface area contributed by atoms with Gasteiger partial charge in [0, 0.05) is 18.0 Å². The van der Waals surface area contributed by atoms with Crippen molar-refractivity contribution < 1.29 is 4.79 Å². The van der Waals surface area contributed by atoms with Crippen LogP contribution in [0.1, 0.15) is 50.5 Å². The highest BCUT2D eigenvalue weighted by molar-refractivity contribution is 7.10. The molecular weight excluding hydrogens is 256 g/mol. The van der Waals surface area contributed by atoms with Crippen molar-refractivity contribution in [3.8, 4) is 0 Å². The monoisotopic (exact) mass is 282 g/mol. The van der Waals surface area contributed by atoms with E-state index in [0.717, 1.165) is 25.9 Å². The van der Waals surface area contributed by atoms with Gasteiger partial charge in [-0.3, -0.25) is 4.79 Å². The van der Waals surface area contributed by atoms with Crippen molar-refractivity contribution >= 4 is 17.2 Å². The van der Waals surface area contributed by atoms with E-state index in [1.165, 1.54) is 23.3 Å². The van der Waals surface area contributed by atoms with Crippen molar-refractivity contribution in [3.63, 3.8) is 0 Å². The Morgan fingerprint density at radius 2 is 2.16 bits per heavy atom. The molecule has 108 valence electrons. The standard InChI is InChI=1S/C15H26N2OS/c1-4-6-7-9-16-15(18)12(3)17-11-14-13(5-2)8-10-19-14/h8,10,12,17H,4-7,9,11H2,1-3H3,(H,16,18). The van der Waals surface area contributed by atoms with Crippen LogP contribution in [0.25, 0.3) is 0 Å². The van der Waals surface area contributed by atoms with Crippen LogP contribution in [0.5, 0.6) is 0 Å². The van der Waals surface area contributed by atoms with Crippen LogP contribution in [0.2, 0.25) is 0 Å². The van der Waals surface area contributed by atoms with Gasteiger partial charge in [0.2, 0.25) is 5.91 Å². The van der Waals surface area contributed by atoms with Crippen LogP contribution in [-0.4, -0.2) is 18.5 Å². The number of carbonyl (C=O) groups is 1. The van der Waals surface area contributed by atoms with Crippen molar-refractivity contribution in [2.24, 2.45) is 0 Å². The van der Waals surface area contributed by atoms with Crippen LogP contribution < -0.4 is 10.6 Å². The third kappa shape index (κ3) is 5.74. The molecule has 0 aliphatic rings.